The lowest BCUT2D eigenvalue weighted by Crippen LogP contribution is -2.36. The maximum Gasteiger partial charge on any atom is 0.338 e. The van der Waals surface area contributed by atoms with Crippen LogP contribution in [0.4, 0.5) is 0 Å². The van der Waals surface area contributed by atoms with Crippen LogP contribution in [0.2, 0.25) is 0 Å². The summed E-state index contributed by atoms with van der Waals surface area (Å²) < 4.78 is 21.6. The number of nitrogens with zero attached hydrogens (tertiary/aromatic N) is 3. The number of benzene rings is 2. The van der Waals surface area contributed by atoms with Gasteiger partial charge in [-0.1, -0.05) is 17.3 Å². The third kappa shape index (κ3) is 4.52. The molecule has 2 aliphatic rings. The molecule has 1 atom stereocenters. The second kappa shape index (κ2) is 9.67. The molecule has 0 N–H and O–H groups in total. The molecule has 0 radical (unpaired) electrons. The molecule has 2 aromatic carbocycles. The number of carbonyl (C=O) groups excluding carboxylic acids is 3. The summed E-state index contributed by atoms with van der Waals surface area (Å²) in [5.41, 5.74) is 1.24. The number of amides is 2. The summed E-state index contributed by atoms with van der Waals surface area (Å²) in [4.78, 5) is 43.6. The Balaban J connectivity index is 1.25. The fraction of sp³-hybridized carbons (Fsp3) is 0.320. The minimum absolute atomic E-state index is 0.106. The molecule has 10 nitrogen and oxygen atoms in total. The van der Waals surface area contributed by atoms with E-state index in [1.165, 1.54) is 23.1 Å². The van der Waals surface area contributed by atoms with Crippen LogP contribution < -0.4 is 4.74 Å². The number of fused-ring (bicyclic) bond motifs is 1. The average Bonchev–Trinajstić information content (AvgIpc) is 3.61. The Morgan fingerprint density at radius 1 is 1.11 bits per heavy atom. The van der Waals surface area contributed by atoms with Crippen LogP contribution in [0.15, 0.2) is 47.0 Å². The van der Waals surface area contributed by atoms with E-state index >= 15 is 0 Å². The van der Waals surface area contributed by atoms with Crippen molar-refractivity contribution in [2.45, 2.75) is 32.5 Å². The number of esters is 1. The van der Waals surface area contributed by atoms with Crippen LogP contribution in [-0.4, -0.2) is 58.7 Å². The van der Waals surface area contributed by atoms with Gasteiger partial charge in [0.15, 0.2) is 6.61 Å². The van der Waals surface area contributed by atoms with E-state index in [4.69, 9.17) is 18.7 Å². The minimum atomic E-state index is -0.680. The highest BCUT2D eigenvalue weighted by atomic mass is 16.6. The number of imide groups is 1. The highest BCUT2D eigenvalue weighted by Gasteiger charge is 2.38. The molecular formula is C25H23N3O7. The molecule has 1 saturated heterocycles. The Bertz CT molecular complexity index is 1280. The van der Waals surface area contributed by atoms with Crippen molar-refractivity contribution in [2.24, 2.45) is 0 Å². The number of aromatic nitrogens is 2. The topological polar surface area (TPSA) is 121 Å². The van der Waals surface area contributed by atoms with E-state index in [1.807, 2.05) is 19.1 Å². The fourth-order valence-electron chi connectivity index (χ4n) is 4.14. The lowest BCUT2D eigenvalue weighted by Gasteiger charge is -2.17. The monoisotopic (exact) mass is 477 g/mol. The summed E-state index contributed by atoms with van der Waals surface area (Å²) >= 11 is 0. The quantitative estimate of drug-likeness (QED) is 0.355. The molecule has 3 aromatic rings. The van der Waals surface area contributed by atoms with Crippen LogP contribution in [0.5, 0.6) is 5.75 Å². The number of hydrogen-bond acceptors (Lipinski definition) is 9. The largest absolute Gasteiger partial charge is 0.493 e. The Morgan fingerprint density at radius 3 is 2.74 bits per heavy atom. The number of ether oxygens (including phenoxy) is 3. The van der Waals surface area contributed by atoms with Crippen LogP contribution >= 0.6 is 0 Å². The average molecular weight is 477 g/mol. The molecular weight excluding hydrogens is 454 g/mol. The van der Waals surface area contributed by atoms with Gasteiger partial charge >= 0.3 is 5.97 Å². The Morgan fingerprint density at radius 2 is 1.94 bits per heavy atom. The van der Waals surface area contributed by atoms with Gasteiger partial charge in [0.25, 0.3) is 17.7 Å². The molecule has 0 spiro atoms. The van der Waals surface area contributed by atoms with Gasteiger partial charge in [-0.3, -0.25) is 14.5 Å². The van der Waals surface area contributed by atoms with Crippen molar-refractivity contribution in [3.8, 4) is 17.1 Å². The second-order valence-corrected chi connectivity index (χ2v) is 8.13. The van der Waals surface area contributed by atoms with Crippen LogP contribution in [-0.2, 0) is 16.1 Å². The molecule has 0 aliphatic carbocycles. The van der Waals surface area contributed by atoms with Crippen molar-refractivity contribution < 1.29 is 33.1 Å². The number of carbonyl (C=O) groups is 3. The third-order valence-corrected chi connectivity index (χ3v) is 5.84. The van der Waals surface area contributed by atoms with Gasteiger partial charge in [-0.2, -0.15) is 4.98 Å². The molecule has 180 valence electrons. The molecule has 3 heterocycles. The molecule has 1 unspecified atom stereocenters. The smallest absolute Gasteiger partial charge is 0.338 e. The highest BCUT2D eigenvalue weighted by molar-refractivity contribution is 6.22. The van der Waals surface area contributed by atoms with Gasteiger partial charge in [-0.05, 0) is 50.1 Å². The predicted molar refractivity (Wildman–Crippen MR) is 121 cm³/mol. The maximum atomic E-state index is 12.8. The molecule has 35 heavy (non-hydrogen) atoms. The first-order valence-electron chi connectivity index (χ1n) is 11.4. The second-order valence-electron chi connectivity index (χ2n) is 8.13. The van der Waals surface area contributed by atoms with E-state index < -0.39 is 11.9 Å². The van der Waals surface area contributed by atoms with Gasteiger partial charge in [0.05, 0.1) is 41.5 Å². The number of para-hydroxylation sites is 1. The molecule has 0 saturated carbocycles. The fourth-order valence-corrected chi connectivity index (χ4v) is 4.14. The summed E-state index contributed by atoms with van der Waals surface area (Å²) in [6, 6.07) is 11.6. The molecule has 10 heteroatoms. The van der Waals surface area contributed by atoms with E-state index in [2.05, 4.69) is 10.1 Å². The first-order chi connectivity index (χ1) is 17.0. The van der Waals surface area contributed by atoms with Crippen LogP contribution in [0.25, 0.3) is 11.4 Å². The van der Waals surface area contributed by atoms with E-state index in [-0.39, 0.29) is 47.7 Å². The molecule has 2 aliphatic heterocycles. The van der Waals surface area contributed by atoms with Crippen molar-refractivity contribution in [3.63, 3.8) is 0 Å². The Hall–Kier alpha value is -4.05. The zero-order chi connectivity index (χ0) is 24.4. The van der Waals surface area contributed by atoms with Crippen molar-refractivity contribution >= 4 is 17.8 Å². The van der Waals surface area contributed by atoms with E-state index in [0.717, 1.165) is 12.8 Å². The first-order valence-corrected chi connectivity index (χ1v) is 11.4. The van der Waals surface area contributed by atoms with Crippen molar-refractivity contribution in [3.05, 3.63) is 65.0 Å². The van der Waals surface area contributed by atoms with Gasteiger partial charge in [0.2, 0.25) is 5.82 Å². The van der Waals surface area contributed by atoms with E-state index in [9.17, 15) is 14.4 Å². The molecule has 2 amide bonds. The van der Waals surface area contributed by atoms with E-state index in [0.29, 0.717) is 30.4 Å². The van der Waals surface area contributed by atoms with Crippen LogP contribution in [0.3, 0.4) is 0 Å². The Kier molecular flexibility index (Phi) is 6.28. The lowest BCUT2D eigenvalue weighted by molar-refractivity contribution is 0.0429. The van der Waals surface area contributed by atoms with Crippen molar-refractivity contribution in [1.29, 1.82) is 0 Å². The zero-order valence-corrected chi connectivity index (χ0v) is 19.1. The summed E-state index contributed by atoms with van der Waals surface area (Å²) in [6.07, 6.45) is 1.56. The molecule has 1 fully saturated rings. The number of hydrogen-bond donors (Lipinski definition) is 0. The minimum Gasteiger partial charge on any atom is -0.493 e. The van der Waals surface area contributed by atoms with Gasteiger partial charge < -0.3 is 18.7 Å². The first kappa shape index (κ1) is 22.7. The van der Waals surface area contributed by atoms with Gasteiger partial charge in [0, 0.05) is 6.61 Å². The normalized spacial score (nSPS) is 17.1. The van der Waals surface area contributed by atoms with Crippen LogP contribution in [0, 0.1) is 0 Å². The lowest BCUT2D eigenvalue weighted by atomic mass is 10.1. The summed E-state index contributed by atoms with van der Waals surface area (Å²) in [5.74, 6) is -0.469. The number of rotatable bonds is 8. The summed E-state index contributed by atoms with van der Waals surface area (Å²) in [5, 5.41) is 3.94. The molecule has 0 bridgehead atoms. The Labute approximate surface area is 200 Å². The predicted octanol–water partition coefficient (Wildman–Crippen LogP) is 3.27. The van der Waals surface area contributed by atoms with Gasteiger partial charge in [0.1, 0.15) is 5.75 Å². The molecule has 5 rings (SSSR count). The van der Waals surface area contributed by atoms with E-state index in [1.54, 1.807) is 12.1 Å². The third-order valence-electron chi connectivity index (χ3n) is 5.84. The van der Waals surface area contributed by atoms with Crippen molar-refractivity contribution in [2.75, 3.05) is 19.8 Å². The van der Waals surface area contributed by atoms with Crippen molar-refractivity contribution in [1.82, 2.24) is 15.0 Å². The standard InChI is InChI=1S/C25H23N3O7/c1-2-32-20-8-4-3-7-18(20)22-26-21(35-27-22)14-34-25(31)15-9-10-17-19(12-15)24(30)28(23(17)29)13-16-6-5-11-33-16/h3-4,7-10,12,16H,2,5-6,11,13-14H2,1H3. The van der Waals surface area contributed by atoms with Crippen LogP contribution in [0.1, 0.15) is 56.7 Å². The maximum absolute atomic E-state index is 12.8. The molecule has 1 aromatic heterocycles. The van der Waals surface area contributed by atoms with Gasteiger partial charge in [-0.25, -0.2) is 4.79 Å². The van der Waals surface area contributed by atoms with Gasteiger partial charge in [-0.15, -0.1) is 0 Å². The summed E-state index contributed by atoms with van der Waals surface area (Å²) in [7, 11) is 0. The summed E-state index contributed by atoms with van der Waals surface area (Å²) in [6.45, 7) is 2.95. The zero-order valence-electron chi connectivity index (χ0n) is 19.1. The highest BCUT2D eigenvalue weighted by Crippen LogP contribution is 2.28. The SMILES string of the molecule is CCOc1ccccc1-c1noc(COC(=O)c2ccc3c(c2)C(=O)N(CC2CCCO2)C3=O)n1.